The smallest absolute Gasteiger partial charge is 0.232 e. The number of piperazine rings is 1. The Bertz CT molecular complexity index is 225. The summed E-state index contributed by atoms with van der Waals surface area (Å²) < 4.78 is 0. The van der Waals surface area contributed by atoms with Gasteiger partial charge in [0.2, 0.25) is 5.91 Å². The van der Waals surface area contributed by atoms with E-state index in [1.54, 1.807) is 11.8 Å². The molecule has 5 heteroatoms. The molecular formula is C10H19N3OS. The highest BCUT2D eigenvalue weighted by Gasteiger charge is 2.34. The number of carbonyl (C=O) groups is 1. The van der Waals surface area contributed by atoms with Crippen LogP contribution in [-0.4, -0.2) is 73.0 Å². The third-order valence-corrected chi connectivity index (χ3v) is 3.69. The van der Waals surface area contributed by atoms with Crippen LogP contribution in [0, 0.1) is 0 Å². The Morgan fingerprint density at radius 1 is 1.40 bits per heavy atom. The molecule has 2 saturated heterocycles. The van der Waals surface area contributed by atoms with Gasteiger partial charge in [-0.05, 0) is 6.26 Å². The average Bonchev–Trinajstić information content (AvgIpc) is 2.17. The Morgan fingerprint density at radius 2 is 2.07 bits per heavy atom. The first kappa shape index (κ1) is 11.2. The lowest BCUT2D eigenvalue weighted by molar-refractivity contribution is -0.135. The summed E-state index contributed by atoms with van der Waals surface area (Å²) in [5.74, 6) is 0.933. The van der Waals surface area contributed by atoms with Crippen LogP contribution in [0.5, 0.6) is 0 Å². The quantitative estimate of drug-likeness (QED) is 0.705. The van der Waals surface area contributed by atoms with E-state index in [0.29, 0.717) is 17.7 Å². The minimum Gasteiger partial charge on any atom is -0.339 e. The van der Waals surface area contributed by atoms with Crippen LogP contribution in [0.4, 0.5) is 0 Å². The SMILES string of the molecule is CSCC(=O)N1CC(N2CCNCC2)C1. The Hall–Kier alpha value is -0.260. The third kappa shape index (κ3) is 2.65. The normalized spacial score (nSPS) is 23.9. The summed E-state index contributed by atoms with van der Waals surface area (Å²) in [7, 11) is 0. The average molecular weight is 229 g/mol. The van der Waals surface area contributed by atoms with E-state index in [2.05, 4.69) is 10.2 Å². The minimum atomic E-state index is 0.300. The summed E-state index contributed by atoms with van der Waals surface area (Å²) in [6, 6.07) is 0.623. The van der Waals surface area contributed by atoms with Crippen molar-refractivity contribution in [2.75, 3.05) is 51.3 Å². The molecule has 2 rings (SSSR count). The summed E-state index contributed by atoms with van der Waals surface area (Å²) >= 11 is 1.61. The molecule has 0 unspecified atom stereocenters. The lowest BCUT2D eigenvalue weighted by Gasteiger charge is -2.46. The fraction of sp³-hybridized carbons (Fsp3) is 0.900. The van der Waals surface area contributed by atoms with Crippen molar-refractivity contribution in [2.45, 2.75) is 6.04 Å². The zero-order valence-corrected chi connectivity index (χ0v) is 10.1. The van der Waals surface area contributed by atoms with E-state index < -0.39 is 0 Å². The number of likely N-dealkylation sites (tertiary alicyclic amines) is 1. The van der Waals surface area contributed by atoms with Crippen LogP contribution in [0.3, 0.4) is 0 Å². The second-order valence-electron chi connectivity index (χ2n) is 4.17. The van der Waals surface area contributed by atoms with Gasteiger partial charge in [0.25, 0.3) is 0 Å². The molecule has 2 fully saturated rings. The van der Waals surface area contributed by atoms with Gasteiger partial charge in [-0.1, -0.05) is 0 Å². The molecule has 4 nitrogen and oxygen atoms in total. The van der Waals surface area contributed by atoms with Crippen LogP contribution in [-0.2, 0) is 4.79 Å². The predicted molar refractivity (Wildman–Crippen MR) is 63.2 cm³/mol. The van der Waals surface area contributed by atoms with Crippen molar-refractivity contribution in [1.82, 2.24) is 15.1 Å². The van der Waals surface area contributed by atoms with E-state index in [4.69, 9.17) is 0 Å². The van der Waals surface area contributed by atoms with E-state index in [0.717, 1.165) is 39.3 Å². The van der Waals surface area contributed by atoms with Crippen LogP contribution in [0.2, 0.25) is 0 Å². The molecule has 0 aliphatic carbocycles. The molecule has 2 heterocycles. The second kappa shape index (κ2) is 5.18. The molecule has 2 aliphatic rings. The van der Waals surface area contributed by atoms with E-state index in [9.17, 15) is 4.79 Å². The van der Waals surface area contributed by atoms with Crippen LogP contribution >= 0.6 is 11.8 Å². The molecule has 0 aromatic carbocycles. The van der Waals surface area contributed by atoms with Gasteiger partial charge in [0.1, 0.15) is 0 Å². The van der Waals surface area contributed by atoms with Crippen molar-refractivity contribution >= 4 is 17.7 Å². The molecule has 86 valence electrons. The Morgan fingerprint density at radius 3 is 2.67 bits per heavy atom. The molecule has 2 aliphatic heterocycles. The molecule has 1 N–H and O–H groups in total. The summed E-state index contributed by atoms with van der Waals surface area (Å²) in [5.41, 5.74) is 0. The van der Waals surface area contributed by atoms with Crippen LogP contribution in [0.25, 0.3) is 0 Å². The van der Waals surface area contributed by atoms with Gasteiger partial charge in [-0.3, -0.25) is 9.69 Å². The number of carbonyl (C=O) groups excluding carboxylic acids is 1. The highest BCUT2D eigenvalue weighted by atomic mass is 32.2. The van der Waals surface area contributed by atoms with E-state index in [-0.39, 0.29) is 0 Å². The van der Waals surface area contributed by atoms with Crippen LogP contribution < -0.4 is 5.32 Å². The molecule has 0 aromatic heterocycles. The number of thioether (sulfide) groups is 1. The second-order valence-corrected chi connectivity index (χ2v) is 5.04. The maximum absolute atomic E-state index is 11.5. The summed E-state index contributed by atoms with van der Waals surface area (Å²) in [6.07, 6.45) is 1.98. The monoisotopic (exact) mass is 229 g/mol. The number of nitrogens with one attached hydrogen (secondary N) is 1. The Kier molecular flexibility index (Phi) is 3.88. The number of nitrogens with zero attached hydrogens (tertiary/aromatic N) is 2. The van der Waals surface area contributed by atoms with Gasteiger partial charge in [0.05, 0.1) is 5.75 Å². The van der Waals surface area contributed by atoms with Crippen LogP contribution in [0.1, 0.15) is 0 Å². The standard InChI is InChI=1S/C10H19N3OS/c1-15-8-10(14)13-6-9(7-13)12-4-2-11-3-5-12/h9,11H,2-8H2,1H3. The fourth-order valence-corrected chi connectivity index (χ4v) is 2.58. The Labute approximate surface area is 95.4 Å². The highest BCUT2D eigenvalue weighted by Crippen LogP contribution is 2.16. The van der Waals surface area contributed by atoms with Gasteiger partial charge in [-0.2, -0.15) is 11.8 Å². The maximum atomic E-state index is 11.5. The van der Waals surface area contributed by atoms with Gasteiger partial charge in [0.15, 0.2) is 0 Å². The first-order valence-corrected chi connectivity index (χ1v) is 6.92. The Balaban J connectivity index is 1.70. The first-order valence-electron chi connectivity index (χ1n) is 5.52. The number of hydrogen-bond donors (Lipinski definition) is 1. The zero-order valence-electron chi connectivity index (χ0n) is 9.24. The molecule has 0 atom stereocenters. The highest BCUT2D eigenvalue weighted by molar-refractivity contribution is 7.99. The van der Waals surface area contributed by atoms with Crippen LogP contribution in [0.15, 0.2) is 0 Å². The molecule has 0 bridgehead atoms. The zero-order chi connectivity index (χ0) is 10.7. The summed E-state index contributed by atoms with van der Waals surface area (Å²) in [4.78, 5) is 16.0. The van der Waals surface area contributed by atoms with Gasteiger partial charge in [0, 0.05) is 45.3 Å². The predicted octanol–water partition coefficient (Wildman–Crippen LogP) is -0.535. The fourth-order valence-electron chi connectivity index (χ4n) is 2.15. The first-order chi connectivity index (χ1) is 7.31. The largest absolute Gasteiger partial charge is 0.339 e. The molecule has 15 heavy (non-hydrogen) atoms. The lowest BCUT2D eigenvalue weighted by Crippen LogP contribution is -2.64. The molecule has 0 aromatic rings. The van der Waals surface area contributed by atoms with Crippen molar-refractivity contribution in [3.63, 3.8) is 0 Å². The van der Waals surface area contributed by atoms with Crippen molar-refractivity contribution in [3.05, 3.63) is 0 Å². The third-order valence-electron chi connectivity index (χ3n) is 3.15. The molecule has 0 spiro atoms. The van der Waals surface area contributed by atoms with Gasteiger partial charge >= 0.3 is 0 Å². The van der Waals surface area contributed by atoms with Crippen molar-refractivity contribution < 1.29 is 4.79 Å². The van der Waals surface area contributed by atoms with E-state index in [1.165, 1.54) is 0 Å². The van der Waals surface area contributed by atoms with Gasteiger partial charge in [-0.25, -0.2) is 0 Å². The number of hydrogen-bond acceptors (Lipinski definition) is 4. The van der Waals surface area contributed by atoms with Gasteiger partial charge in [-0.15, -0.1) is 0 Å². The van der Waals surface area contributed by atoms with E-state index >= 15 is 0 Å². The number of amides is 1. The van der Waals surface area contributed by atoms with Crippen molar-refractivity contribution in [3.8, 4) is 0 Å². The van der Waals surface area contributed by atoms with Crippen molar-refractivity contribution in [1.29, 1.82) is 0 Å². The number of rotatable bonds is 3. The molecule has 0 saturated carbocycles. The van der Waals surface area contributed by atoms with E-state index in [1.807, 2.05) is 11.2 Å². The van der Waals surface area contributed by atoms with Crippen molar-refractivity contribution in [2.24, 2.45) is 0 Å². The topological polar surface area (TPSA) is 35.6 Å². The molecule has 1 amide bonds. The lowest BCUT2D eigenvalue weighted by atomic mass is 10.1. The molecule has 0 radical (unpaired) electrons. The maximum Gasteiger partial charge on any atom is 0.232 e. The summed E-state index contributed by atoms with van der Waals surface area (Å²) in [5, 5.41) is 3.35. The molecular weight excluding hydrogens is 210 g/mol. The minimum absolute atomic E-state index is 0.300. The summed E-state index contributed by atoms with van der Waals surface area (Å²) in [6.45, 7) is 6.34. The van der Waals surface area contributed by atoms with Gasteiger partial charge < -0.3 is 10.2 Å².